The molecule has 7 atom stereocenters. The summed E-state index contributed by atoms with van der Waals surface area (Å²) < 4.78 is 29.4. The molecule has 4 unspecified atom stereocenters. The van der Waals surface area contributed by atoms with Gasteiger partial charge >= 0.3 is 0 Å². The van der Waals surface area contributed by atoms with Gasteiger partial charge in [-0.2, -0.15) is 0 Å². The molecule has 3 aliphatic rings. The van der Waals surface area contributed by atoms with Crippen molar-refractivity contribution in [1.29, 1.82) is 0 Å². The minimum atomic E-state index is -1.98. The average molecular weight is 558 g/mol. The van der Waals surface area contributed by atoms with Crippen LogP contribution in [0.1, 0.15) is 82.4 Å². The third kappa shape index (κ3) is 6.40. The van der Waals surface area contributed by atoms with E-state index < -0.39 is 58.8 Å². The van der Waals surface area contributed by atoms with Gasteiger partial charge in [0.15, 0.2) is 11.5 Å². The normalized spacial score (nSPS) is 30.0. The number of benzene rings is 1. The lowest BCUT2D eigenvalue weighted by Crippen LogP contribution is -2.54. The largest absolute Gasteiger partial charge is 0.390 e. The van der Waals surface area contributed by atoms with Gasteiger partial charge in [0.25, 0.3) is 11.8 Å². The third-order valence-electron chi connectivity index (χ3n) is 8.65. The minimum Gasteiger partial charge on any atom is -0.390 e. The predicted molar refractivity (Wildman–Crippen MR) is 150 cm³/mol. The van der Waals surface area contributed by atoms with Crippen molar-refractivity contribution in [3.63, 3.8) is 0 Å². The first kappa shape index (κ1) is 30.2. The molecule has 1 aromatic rings. The van der Waals surface area contributed by atoms with Crippen LogP contribution < -0.4 is 5.32 Å². The van der Waals surface area contributed by atoms with Gasteiger partial charge < -0.3 is 10.4 Å². The molecular weight excluding hydrogens is 516 g/mol. The molecule has 40 heavy (non-hydrogen) atoms. The summed E-state index contributed by atoms with van der Waals surface area (Å²) in [6.45, 7) is 9.28. The highest BCUT2D eigenvalue weighted by Gasteiger charge is 2.55. The number of ketones is 1. The zero-order valence-corrected chi connectivity index (χ0v) is 24.0. The molecule has 218 valence electrons. The Morgan fingerprint density at radius 3 is 2.55 bits per heavy atom. The van der Waals surface area contributed by atoms with Crippen molar-refractivity contribution in [3.05, 3.63) is 34.9 Å². The van der Waals surface area contributed by atoms with E-state index in [4.69, 9.17) is 0 Å². The lowest BCUT2D eigenvalue weighted by Gasteiger charge is -2.33. The molecule has 9 heteroatoms. The van der Waals surface area contributed by atoms with Gasteiger partial charge in [-0.3, -0.25) is 19.4 Å². The van der Waals surface area contributed by atoms with Crippen molar-refractivity contribution in [3.8, 4) is 0 Å². The molecule has 0 saturated heterocycles. The fraction of sp³-hybridized carbons (Fsp3) is 0.645. The van der Waals surface area contributed by atoms with Crippen LogP contribution in [0.3, 0.4) is 0 Å². The van der Waals surface area contributed by atoms with Gasteiger partial charge in [-0.15, -0.1) is 0 Å². The number of carbonyl (C=O) groups excluding carboxylic acids is 3. The monoisotopic (exact) mass is 557 g/mol. The smallest absolute Gasteiger partial charge is 0.258 e. The number of halogens is 2. The Morgan fingerprint density at radius 1 is 1.27 bits per heavy atom. The number of aryl methyl sites for hydroxylation is 2. The molecule has 2 fully saturated rings. The highest BCUT2D eigenvalue weighted by atomic mass is 19.1. The number of alkyl halides is 2. The Labute approximate surface area is 234 Å². The van der Waals surface area contributed by atoms with Crippen molar-refractivity contribution in [2.75, 3.05) is 0 Å². The molecule has 1 aliphatic heterocycles. The number of carbonyl (C=O) groups is 3. The summed E-state index contributed by atoms with van der Waals surface area (Å²) in [5.74, 6) is -4.52. The predicted octanol–water partition coefficient (Wildman–Crippen LogP) is 4.41. The van der Waals surface area contributed by atoms with Crippen LogP contribution in [-0.2, 0) is 20.8 Å². The quantitative estimate of drug-likeness (QED) is 0.439. The van der Waals surface area contributed by atoms with Gasteiger partial charge in [0.2, 0.25) is 0 Å². The number of hydrogen-bond donors (Lipinski definition) is 2. The van der Waals surface area contributed by atoms with E-state index in [-0.39, 0.29) is 25.3 Å². The van der Waals surface area contributed by atoms with Crippen LogP contribution in [-0.4, -0.2) is 65.2 Å². The highest BCUT2D eigenvalue weighted by molar-refractivity contribution is 5.98. The second kappa shape index (κ2) is 11.6. The lowest BCUT2D eigenvalue weighted by molar-refractivity contribution is -0.138. The van der Waals surface area contributed by atoms with Crippen LogP contribution >= 0.6 is 0 Å². The Bertz CT molecular complexity index is 1200. The third-order valence-corrected chi connectivity index (χ3v) is 8.65. The topological polar surface area (TPSA) is 108 Å². The summed E-state index contributed by atoms with van der Waals surface area (Å²) in [7, 11) is 0. The number of amides is 2. The number of rotatable bonds is 9. The Balaban J connectivity index is 1.40. The zero-order chi connectivity index (χ0) is 29.4. The van der Waals surface area contributed by atoms with Crippen LogP contribution in [0.4, 0.5) is 8.78 Å². The van der Waals surface area contributed by atoms with E-state index in [0.717, 1.165) is 17.5 Å². The Hall–Kier alpha value is -2.81. The first-order valence-corrected chi connectivity index (χ1v) is 14.3. The van der Waals surface area contributed by atoms with Crippen molar-refractivity contribution in [2.45, 2.75) is 109 Å². The number of Topliss-reactive ketones (excluding diaryl/α,β-unsaturated/α-hetero) is 1. The van der Waals surface area contributed by atoms with E-state index in [1.165, 1.54) is 11.8 Å². The standard InChI is InChI=1S/C31H41F2N3O4/c1-17-15-20(21-10-14-34-18(21)2)9-8-19(17)7-6-13-35-28(39)24-22(16-23(37)25(24)32)26(38)27(30(3,4)5)36-29(40)31(33)11-12-31/h8-9,13-15,18,21-25,27,37H,6-7,10-12,16H2,1-5H3,(H,36,40)/b35-13+/t18?,21?,22?,23-,24-,25-,27?/m0/s1. The highest BCUT2D eigenvalue weighted by Crippen LogP contribution is 2.42. The van der Waals surface area contributed by atoms with Crippen molar-refractivity contribution < 1.29 is 28.3 Å². The van der Waals surface area contributed by atoms with Gasteiger partial charge in [0.1, 0.15) is 6.17 Å². The average Bonchev–Trinajstić information content (AvgIpc) is 3.37. The second-order valence-electron chi connectivity index (χ2n) is 12.8. The molecule has 7 nitrogen and oxygen atoms in total. The van der Waals surface area contributed by atoms with E-state index in [0.29, 0.717) is 18.8 Å². The zero-order valence-electron chi connectivity index (χ0n) is 24.0. The molecule has 0 spiro atoms. The maximum atomic E-state index is 15.0. The number of hydrogen-bond acceptors (Lipinski definition) is 5. The van der Waals surface area contributed by atoms with E-state index in [9.17, 15) is 23.9 Å². The van der Waals surface area contributed by atoms with E-state index in [2.05, 4.69) is 40.4 Å². The second-order valence-corrected chi connectivity index (χ2v) is 12.8. The van der Waals surface area contributed by atoms with E-state index in [1.54, 1.807) is 20.8 Å². The number of nitrogens with one attached hydrogen (secondary N) is 1. The van der Waals surface area contributed by atoms with Crippen LogP contribution in [0.2, 0.25) is 0 Å². The fourth-order valence-corrected chi connectivity index (χ4v) is 5.87. The number of aliphatic hydroxyl groups is 1. The van der Waals surface area contributed by atoms with Crippen LogP contribution in [0, 0.1) is 24.2 Å². The molecule has 2 saturated carbocycles. The van der Waals surface area contributed by atoms with E-state index in [1.807, 2.05) is 13.1 Å². The molecule has 0 aromatic heterocycles. The molecule has 2 N–H and O–H groups in total. The van der Waals surface area contributed by atoms with Crippen molar-refractivity contribution >= 4 is 30.0 Å². The molecule has 4 rings (SSSR count). The minimum absolute atomic E-state index is 0.0900. The van der Waals surface area contributed by atoms with Crippen LogP contribution in [0.15, 0.2) is 28.2 Å². The van der Waals surface area contributed by atoms with Gasteiger partial charge in [-0.05, 0) is 80.7 Å². The van der Waals surface area contributed by atoms with Gasteiger partial charge in [0.05, 0.1) is 24.1 Å². The van der Waals surface area contributed by atoms with Crippen LogP contribution in [0.25, 0.3) is 0 Å². The summed E-state index contributed by atoms with van der Waals surface area (Å²) in [6.07, 6.45) is 1.89. The summed E-state index contributed by atoms with van der Waals surface area (Å²) >= 11 is 0. The molecule has 2 amide bonds. The van der Waals surface area contributed by atoms with Gasteiger partial charge in [0, 0.05) is 18.1 Å². The lowest BCUT2D eigenvalue weighted by atomic mass is 9.77. The SMILES string of the molecule is Cc1cc(C2CC=NC2C)ccc1CC/C=N/C(=O)[C@H]1C(C(=O)C(NC(=O)C2(F)CC2)C(C)(C)C)C[C@H](O)[C@@H]1F. The van der Waals surface area contributed by atoms with E-state index >= 15 is 4.39 Å². The number of nitrogens with zero attached hydrogens (tertiary/aromatic N) is 2. The number of aliphatic imine (C=N–C) groups is 2. The summed E-state index contributed by atoms with van der Waals surface area (Å²) in [4.78, 5) is 47.4. The molecule has 0 bridgehead atoms. The van der Waals surface area contributed by atoms with Crippen molar-refractivity contribution in [1.82, 2.24) is 5.32 Å². The maximum absolute atomic E-state index is 15.0. The molecule has 1 heterocycles. The van der Waals surface area contributed by atoms with Gasteiger partial charge in [-0.1, -0.05) is 39.0 Å². The number of aliphatic hydroxyl groups excluding tert-OH is 1. The maximum Gasteiger partial charge on any atom is 0.258 e. The summed E-state index contributed by atoms with van der Waals surface area (Å²) in [6, 6.07) is 5.49. The van der Waals surface area contributed by atoms with Crippen molar-refractivity contribution in [2.24, 2.45) is 27.2 Å². The fourth-order valence-electron chi connectivity index (χ4n) is 5.87. The molecule has 0 radical (unpaired) electrons. The first-order chi connectivity index (χ1) is 18.7. The van der Waals surface area contributed by atoms with Gasteiger partial charge in [-0.25, -0.2) is 13.8 Å². The molecule has 2 aliphatic carbocycles. The molecular formula is C31H41F2N3O4. The Kier molecular flexibility index (Phi) is 8.74. The molecule has 1 aromatic carbocycles. The first-order valence-electron chi connectivity index (χ1n) is 14.3. The van der Waals surface area contributed by atoms with Crippen LogP contribution in [0.5, 0.6) is 0 Å². The summed E-state index contributed by atoms with van der Waals surface area (Å²) in [5, 5.41) is 12.7. The Morgan fingerprint density at radius 2 is 1.98 bits per heavy atom. The summed E-state index contributed by atoms with van der Waals surface area (Å²) in [5.41, 5.74) is 0.712.